The lowest BCUT2D eigenvalue weighted by atomic mass is 9.86. The number of allylic oxidation sites excluding steroid dienone is 4. The van der Waals surface area contributed by atoms with Crippen LogP contribution in [-0.2, 0) is 0 Å². The molecule has 3 aromatic heterocycles. The summed E-state index contributed by atoms with van der Waals surface area (Å²) in [6, 6.07) is 42.3. The molecule has 10 rings (SSSR count). The molecule has 1 aliphatic carbocycles. The summed E-state index contributed by atoms with van der Waals surface area (Å²) in [5, 5.41) is 10.2. The highest BCUT2D eigenvalue weighted by atomic mass is 32.1. The Kier molecular flexibility index (Phi) is 5.02. The van der Waals surface area contributed by atoms with E-state index in [0.717, 1.165) is 17.6 Å². The molecular formula is C41H26N2S. The predicted octanol–water partition coefficient (Wildman–Crippen LogP) is 11.4. The maximum absolute atomic E-state index is 5.13. The Labute approximate surface area is 257 Å². The van der Waals surface area contributed by atoms with E-state index >= 15 is 0 Å². The molecule has 6 aromatic carbocycles. The number of fused-ring (bicyclic) bond motifs is 13. The smallest absolute Gasteiger partial charge is 0.137 e. The summed E-state index contributed by atoms with van der Waals surface area (Å²) in [7, 11) is 0. The van der Waals surface area contributed by atoms with Crippen molar-refractivity contribution in [2.24, 2.45) is 0 Å². The van der Waals surface area contributed by atoms with Crippen LogP contribution >= 0.6 is 11.3 Å². The van der Waals surface area contributed by atoms with Crippen molar-refractivity contribution in [1.82, 2.24) is 9.38 Å². The molecule has 44 heavy (non-hydrogen) atoms. The lowest BCUT2D eigenvalue weighted by Crippen LogP contribution is -1.99. The van der Waals surface area contributed by atoms with Crippen LogP contribution in [0.5, 0.6) is 0 Å². The number of aromatic nitrogens is 2. The summed E-state index contributed by atoms with van der Waals surface area (Å²) in [5.41, 5.74) is 7.13. The van der Waals surface area contributed by atoms with Gasteiger partial charge in [0, 0.05) is 43.1 Å². The number of hydrogen-bond donors (Lipinski definition) is 0. The minimum Gasteiger partial charge on any atom is -0.299 e. The van der Waals surface area contributed by atoms with Crippen molar-refractivity contribution in [2.45, 2.75) is 12.3 Å². The highest BCUT2D eigenvalue weighted by Crippen LogP contribution is 2.42. The second kappa shape index (κ2) is 9.12. The summed E-state index contributed by atoms with van der Waals surface area (Å²) in [6.07, 6.45) is 10.3. The Morgan fingerprint density at radius 1 is 0.659 bits per heavy atom. The van der Waals surface area contributed by atoms with E-state index in [2.05, 4.69) is 144 Å². The zero-order valence-corrected chi connectivity index (χ0v) is 24.7. The second-order valence-electron chi connectivity index (χ2n) is 11.9. The van der Waals surface area contributed by atoms with E-state index in [1.165, 1.54) is 74.7 Å². The molecule has 1 unspecified atom stereocenters. The summed E-state index contributed by atoms with van der Waals surface area (Å²) in [6.45, 7) is 0. The molecule has 0 bridgehead atoms. The van der Waals surface area contributed by atoms with Gasteiger partial charge < -0.3 is 0 Å². The molecule has 0 saturated heterocycles. The van der Waals surface area contributed by atoms with E-state index in [0.29, 0.717) is 5.92 Å². The highest BCUT2D eigenvalue weighted by Gasteiger charge is 2.19. The second-order valence-corrected chi connectivity index (χ2v) is 13.0. The third-order valence-corrected chi connectivity index (χ3v) is 10.6. The number of thiophene rings is 1. The van der Waals surface area contributed by atoms with Gasteiger partial charge in [-0.1, -0.05) is 103 Å². The zero-order chi connectivity index (χ0) is 28.8. The van der Waals surface area contributed by atoms with Crippen molar-refractivity contribution < 1.29 is 0 Å². The van der Waals surface area contributed by atoms with Gasteiger partial charge in [0.2, 0.25) is 0 Å². The Morgan fingerprint density at radius 2 is 1.48 bits per heavy atom. The largest absolute Gasteiger partial charge is 0.299 e. The highest BCUT2D eigenvalue weighted by molar-refractivity contribution is 7.25. The predicted molar refractivity (Wildman–Crippen MR) is 189 cm³/mol. The maximum Gasteiger partial charge on any atom is 0.137 e. The van der Waals surface area contributed by atoms with Gasteiger partial charge >= 0.3 is 0 Å². The topological polar surface area (TPSA) is 17.3 Å². The molecule has 1 aliphatic rings. The van der Waals surface area contributed by atoms with E-state index in [1.807, 2.05) is 11.3 Å². The molecule has 0 aliphatic heterocycles. The average Bonchev–Trinajstić information content (AvgIpc) is 3.66. The summed E-state index contributed by atoms with van der Waals surface area (Å²) in [5.74, 6) is 0.346. The Hall–Kier alpha value is -5.25. The normalized spacial score (nSPS) is 15.5. The minimum absolute atomic E-state index is 0.346. The molecule has 0 saturated carbocycles. The molecule has 9 aromatic rings. The standard InChI is InChI=1S/C41H26N2S/c1-2-11-30-25(8-1)15-20-34-39(30)35-23-28(17-19-33(35)41-40(34)42-38-14-5-6-21-43(38)41)26-9-7-10-27(22-26)29-16-18-32-31-12-3-4-13-36(31)44-37(32)24-29/h1-9,11-24,27H,10H2. The molecule has 0 radical (unpaired) electrons. The van der Waals surface area contributed by atoms with Crippen LogP contribution in [0.1, 0.15) is 23.5 Å². The van der Waals surface area contributed by atoms with E-state index in [1.54, 1.807) is 0 Å². The van der Waals surface area contributed by atoms with Crippen LogP contribution in [0.2, 0.25) is 0 Å². The number of benzene rings is 6. The lowest BCUT2D eigenvalue weighted by Gasteiger charge is -2.18. The van der Waals surface area contributed by atoms with Gasteiger partial charge in [-0.25, -0.2) is 4.98 Å². The van der Waals surface area contributed by atoms with Crippen molar-refractivity contribution in [2.75, 3.05) is 0 Å². The minimum atomic E-state index is 0.346. The molecular weight excluding hydrogens is 553 g/mol. The fourth-order valence-electron chi connectivity index (χ4n) is 7.42. The first-order chi connectivity index (χ1) is 21.8. The molecule has 2 nitrogen and oxygen atoms in total. The first-order valence-corrected chi connectivity index (χ1v) is 16.1. The Bertz CT molecular complexity index is 2700. The maximum atomic E-state index is 5.13. The molecule has 1 atom stereocenters. The molecule has 0 spiro atoms. The van der Waals surface area contributed by atoms with Gasteiger partial charge in [-0.3, -0.25) is 4.40 Å². The number of pyridine rings is 1. The van der Waals surface area contributed by atoms with Crippen LogP contribution in [0.15, 0.2) is 140 Å². The van der Waals surface area contributed by atoms with Crippen LogP contribution < -0.4 is 0 Å². The third-order valence-electron chi connectivity index (χ3n) is 9.49. The van der Waals surface area contributed by atoms with Crippen LogP contribution in [0.4, 0.5) is 0 Å². The quantitative estimate of drug-likeness (QED) is 0.187. The molecule has 0 fully saturated rings. The van der Waals surface area contributed by atoms with Gasteiger partial charge in [0.15, 0.2) is 0 Å². The van der Waals surface area contributed by atoms with Gasteiger partial charge in [-0.15, -0.1) is 11.3 Å². The van der Waals surface area contributed by atoms with Crippen molar-refractivity contribution in [3.05, 3.63) is 151 Å². The van der Waals surface area contributed by atoms with Crippen LogP contribution in [0.3, 0.4) is 0 Å². The third kappa shape index (κ3) is 3.45. The number of nitrogens with zero attached hydrogens (tertiary/aromatic N) is 2. The van der Waals surface area contributed by atoms with Crippen LogP contribution in [0, 0.1) is 0 Å². The fourth-order valence-corrected chi connectivity index (χ4v) is 8.57. The average molecular weight is 579 g/mol. The fraction of sp³-hybridized carbons (Fsp3) is 0.0488. The molecule has 0 N–H and O–H groups in total. The van der Waals surface area contributed by atoms with E-state index in [9.17, 15) is 0 Å². The summed E-state index contributed by atoms with van der Waals surface area (Å²) in [4.78, 5) is 5.13. The lowest BCUT2D eigenvalue weighted by molar-refractivity contribution is 0.859. The number of rotatable bonds is 2. The van der Waals surface area contributed by atoms with Crippen molar-refractivity contribution in [3.8, 4) is 0 Å². The first kappa shape index (κ1) is 24.2. The van der Waals surface area contributed by atoms with E-state index in [-0.39, 0.29) is 0 Å². The van der Waals surface area contributed by atoms with E-state index in [4.69, 9.17) is 4.98 Å². The molecule has 3 heteroatoms. The van der Waals surface area contributed by atoms with Crippen molar-refractivity contribution >= 4 is 86.1 Å². The van der Waals surface area contributed by atoms with Gasteiger partial charge in [0.1, 0.15) is 5.65 Å². The number of hydrogen-bond acceptors (Lipinski definition) is 2. The molecule has 0 amide bonds. The SMILES string of the molecule is C1=CC(c2ccc3c(c2)c2c4ccccc4ccc2c2nc4ccccn4c32)=CC(c2ccc3c(c2)sc2ccccc23)C1. The number of imidazole rings is 1. The van der Waals surface area contributed by atoms with Crippen molar-refractivity contribution in [3.63, 3.8) is 0 Å². The van der Waals surface area contributed by atoms with Crippen molar-refractivity contribution in [1.29, 1.82) is 0 Å². The van der Waals surface area contributed by atoms with E-state index < -0.39 is 0 Å². The summed E-state index contributed by atoms with van der Waals surface area (Å²) < 4.78 is 4.97. The summed E-state index contributed by atoms with van der Waals surface area (Å²) >= 11 is 1.90. The molecule has 3 heterocycles. The van der Waals surface area contributed by atoms with Gasteiger partial charge in [0.05, 0.1) is 11.0 Å². The molecule has 206 valence electrons. The van der Waals surface area contributed by atoms with Gasteiger partial charge in [0.25, 0.3) is 0 Å². The Balaban J connectivity index is 1.19. The monoisotopic (exact) mass is 578 g/mol. The first-order valence-electron chi connectivity index (χ1n) is 15.2. The van der Waals surface area contributed by atoms with Crippen LogP contribution in [-0.4, -0.2) is 9.38 Å². The van der Waals surface area contributed by atoms with Crippen LogP contribution in [0.25, 0.3) is 74.7 Å². The Morgan fingerprint density at radius 3 is 2.45 bits per heavy atom. The van der Waals surface area contributed by atoms with Gasteiger partial charge in [-0.05, 0) is 75.0 Å². The van der Waals surface area contributed by atoms with Gasteiger partial charge in [-0.2, -0.15) is 0 Å². The zero-order valence-electron chi connectivity index (χ0n) is 23.9.